The largest absolute Gasteiger partial charge is 0.508 e. The zero-order valence-electron chi connectivity index (χ0n) is 12.3. The van der Waals surface area contributed by atoms with Crippen LogP contribution < -0.4 is 10.1 Å². The van der Waals surface area contributed by atoms with Crippen LogP contribution >= 0.6 is 0 Å². The molecule has 0 saturated heterocycles. The second kappa shape index (κ2) is 6.88. The predicted octanol–water partition coefficient (Wildman–Crippen LogP) is 3.89. The molecule has 0 amide bonds. The monoisotopic (exact) mass is 287 g/mol. The summed E-state index contributed by atoms with van der Waals surface area (Å²) in [5.74, 6) is 0.957. The van der Waals surface area contributed by atoms with Gasteiger partial charge in [0.2, 0.25) is 0 Å². The van der Waals surface area contributed by atoms with E-state index in [9.17, 15) is 10.2 Å². The molecule has 3 N–H and O–H groups in total. The molecule has 0 bridgehead atoms. The van der Waals surface area contributed by atoms with E-state index in [2.05, 4.69) is 12.2 Å². The molecule has 0 aliphatic rings. The van der Waals surface area contributed by atoms with E-state index in [1.807, 2.05) is 31.2 Å². The summed E-state index contributed by atoms with van der Waals surface area (Å²) < 4.78 is 5.77. The number of benzene rings is 2. The van der Waals surface area contributed by atoms with E-state index < -0.39 is 0 Å². The molecule has 2 rings (SSSR count). The van der Waals surface area contributed by atoms with Gasteiger partial charge in [-0.2, -0.15) is 0 Å². The topological polar surface area (TPSA) is 61.7 Å². The molecule has 112 valence electrons. The zero-order chi connectivity index (χ0) is 15.2. The van der Waals surface area contributed by atoms with Crippen LogP contribution in [0.3, 0.4) is 0 Å². The Hall–Kier alpha value is -2.36. The Morgan fingerprint density at radius 3 is 2.67 bits per heavy atom. The van der Waals surface area contributed by atoms with Crippen molar-refractivity contribution in [3.05, 3.63) is 48.0 Å². The summed E-state index contributed by atoms with van der Waals surface area (Å²) in [7, 11) is 0. The van der Waals surface area contributed by atoms with Crippen LogP contribution in [0, 0.1) is 0 Å². The molecule has 0 aliphatic carbocycles. The molecule has 2 aromatic carbocycles. The second-order valence-electron chi connectivity index (χ2n) is 5.03. The van der Waals surface area contributed by atoms with E-state index in [1.165, 1.54) is 6.07 Å². The summed E-state index contributed by atoms with van der Waals surface area (Å²) in [6, 6.07) is 12.3. The Labute approximate surface area is 125 Å². The van der Waals surface area contributed by atoms with Gasteiger partial charge in [-0.05, 0) is 37.6 Å². The molecule has 0 aromatic heterocycles. The van der Waals surface area contributed by atoms with Gasteiger partial charge in [-0.15, -0.1) is 0 Å². The van der Waals surface area contributed by atoms with Gasteiger partial charge in [0.1, 0.15) is 17.2 Å². The molecule has 0 heterocycles. The third kappa shape index (κ3) is 4.31. The molecule has 4 nitrogen and oxygen atoms in total. The first kappa shape index (κ1) is 15.0. The van der Waals surface area contributed by atoms with E-state index in [-0.39, 0.29) is 17.6 Å². The lowest BCUT2D eigenvalue weighted by Gasteiger charge is -2.14. The van der Waals surface area contributed by atoms with Gasteiger partial charge in [-0.25, -0.2) is 0 Å². The van der Waals surface area contributed by atoms with Crippen LogP contribution in [0.1, 0.15) is 25.8 Å². The van der Waals surface area contributed by atoms with Crippen LogP contribution in [0.15, 0.2) is 42.5 Å². The lowest BCUT2D eigenvalue weighted by Crippen LogP contribution is -2.09. The average Bonchev–Trinajstić information content (AvgIpc) is 2.46. The highest BCUT2D eigenvalue weighted by Crippen LogP contribution is 2.24. The van der Waals surface area contributed by atoms with Crippen LogP contribution in [0.4, 0.5) is 5.69 Å². The fourth-order valence-corrected chi connectivity index (χ4v) is 1.89. The molecule has 2 aromatic rings. The lowest BCUT2D eigenvalue weighted by molar-refractivity contribution is 0.217. The van der Waals surface area contributed by atoms with Gasteiger partial charge in [0.05, 0.1) is 6.10 Å². The van der Waals surface area contributed by atoms with Gasteiger partial charge in [0.25, 0.3) is 0 Å². The van der Waals surface area contributed by atoms with Crippen molar-refractivity contribution in [3.63, 3.8) is 0 Å². The average molecular weight is 287 g/mol. The molecule has 21 heavy (non-hydrogen) atoms. The van der Waals surface area contributed by atoms with E-state index in [4.69, 9.17) is 4.74 Å². The number of phenolic OH excluding ortho intramolecular Hbond substituents is 2. The van der Waals surface area contributed by atoms with Crippen molar-refractivity contribution in [2.75, 3.05) is 5.32 Å². The first-order valence-corrected chi connectivity index (χ1v) is 7.10. The maximum absolute atomic E-state index is 9.75. The molecule has 4 heteroatoms. The third-order valence-corrected chi connectivity index (χ3v) is 3.30. The number of anilines is 1. The van der Waals surface area contributed by atoms with Crippen molar-refractivity contribution in [2.45, 2.75) is 32.9 Å². The summed E-state index contributed by atoms with van der Waals surface area (Å²) in [6.45, 7) is 4.59. The standard InChI is InChI=1S/C17H21NO3/c1-3-12(2)21-16-6-4-5-14(9-16)18-11-13-7-8-15(19)10-17(13)20/h4-10,12,18-20H,3,11H2,1-2H3. The maximum Gasteiger partial charge on any atom is 0.124 e. The third-order valence-electron chi connectivity index (χ3n) is 3.30. The van der Waals surface area contributed by atoms with Crippen LogP contribution in [-0.2, 0) is 6.54 Å². The molecule has 0 saturated carbocycles. The van der Waals surface area contributed by atoms with E-state index >= 15 is 0 Å². The highest BCUT2D eigenvalue weighted by molar-refractivity contribution is 5.50. The number of aromatic hydroxyl groups is 2. The Bertz CT molecular complexity index is 598. The predicted molar refractivity (Wildman–Crippen MR) is 83.9 cm³/mol. The molecule has 0 fully saturated rings. The van der Waals surface area contributed by atoms with Crippen LogP contribution in [0.25, 0.3) is 0 Å². The first-order valence-electron chi connectivity index (χ1n) is 7.10. The number of nitrogens with one attached hydrogen (secondary N) is 1. The molecular weight excluding hydrogens is 266 g/mol. The van der Waals surface area contributed by atoms with Crippen molar-refractivity contribution >= 4 is 5.69 Å². The highest BCUT2D eigenvalue weighted by atomic mass is 16.5. The van der Waals surface area contributed by atoms with Crippen molar-refractivity contribution in [1.29, 1.82) is 0 Å². The van der Waals surface area contributed by atoms with Gasteiger partial charge in [0, 0.05) is 29.9 Å². The minimum Gasteiger partial charge on any atom is -0.508 e. The van der Waals surface area contributed by atoms with Crippen molar-refractivity contribution in [1.82, 2.24) is 0 Å². The van der Waals surface area contributed by atoms with Gasteiger partial charge in [-0.1, -0.05) is 13.0 Å². The molecular formula is C17H21NO3. The fraction of sp³-hybridized carbons (Fsp3) is 0.294. The normalized spacial score (nSPS) is 11.9. The number of hydrogen-bond donors (Lipinski definition) is 3. The second-order valence-corrected chi connectivity index (χ2v) is 5.03. The molecule has 1 atom stereocenters. The van der Waals surface area contributed by atoms with E-state index in [0.29, 0.717) is 6.54 Å². The van der Waals surface area contributed by atoms with Gasteiger partial charge >= 0.3 is 0 Å². The van der Waals surface area contributed by atoms with Crippen LogP contribution in [0.5, 0.6) is 17.2 Å². The first-order chi connectivity index (χ1) is 10.1. The fourth-order valence-electron chi connectivity index (χ4n) is 1.89. The minimum atomic E-state index is 0.0557. The smallest absolute Gasteiger partial charge is 0.124 e. The van der Waals surface area contributed by atoms with Gasteiger partial charge < -0.3 is 20.3 Å². The minimum absolute atomic E-state index is 0.0557. The lowest BCUT2D eigenvalue weighted by atomic mass is 10.2. The molecule has 1 unspecified atom stereocenters. The zero-order valence-corrected chi connectivity index (χ0v) is 12.3. The SMILES string of the molecule is CCC(C)Oc1cccc(NCc2ccc(O)cc2O)c1. The Morgan fingerprint density at radius 2 is 1.95 bits per heavy atom. The quantitative estimate of drug-likeness (QED) is 0.754. The summed E-state index contributed by atoms with van der Waals surface area (Å²) in [6.07, 6.45) is 1.14. The summed E-state index contributed by atoms with van der Waals surface area (Å²) >= 11 is 0. The Kier molecular flexibility index (Phi) is 4.93. The summed E-state index contributed by atoms with van der Waals surface area (Å²) in [5, 5.41) is 22.3. The number of rotatable bonds is 6. The Morgan fingerprint density at radius 1 is 1.14 bits per heavy atom. The van der Waals surface area contributed by atoms with Crippen molar-refractivity contribution in [2.24, 2.45) is 0 Å². The summed E-state index contributed by atoms with van der Waals surface area (Å²) in [4.78, 5) is 0. The molecule has 0 radical (unpaired) electrons. The number of ether oxygens (including phenoxy) is 1. The van der Waals surface area contributed by atoms with Crippen molar-refractivity contribution < 1.29 is 14.9 Å². The highest BCUT2D eigenvalue weighted by Gasteiger charge is 2.04. The van der Waals surface area contributed by atoms with Crippen LogP contribution in [-0.4, -0.2) is 16.3 Å². The van der Waals surface area contributed by atoms with Gasteiger partial charge in [-0.3, -0.25) is 0 Å². The van der Waals surface area contributed by atoms with Crippen LogP contribution in [0.2, 0.25) is 0 Å². The van der Waals surface area contributed by atoms with Crippen molar-refractivity contribution in [3.8, 4) is 17.2 Å². The van der Waals surface area contributed by atoms with Gasteiger partial charge in [0.15, 0.2) is 0 Å². The molecule has 0 aliphatic heterocycles. The number of phenols is 2. The molecule has 0 spiro atoms. The van der Waals surface area contributed by atoms with E-state index in [1.54, 1.807) is 12.1 Å². The maximum atomic E-state index is 9.75. The summed E-state index contributed by atoms with van der Waals surface area (Å²) in [5.41, 5.74) is 1.64. The van der Waals surface area contributed by atoms with E-state index in [0.717, 1.165) is 23.4 Å². The Balaban J connectivity index is 2.01. The number of hydrogen-bond acceptors (Lipinski definition) is 4.